The van der Waals surface area contributed by atoms with Crippen LogP contribution in [0.1, 0.15) is 38.8 Å². The van der Waals surface area contributed by atoms with Crippen molar-refractivity contribution in [3.8, 4) is 0 Å². The highest BCUT2D eigenvalue weighted by Crippen LogP contribution is 2.42. The van der Waals surface area contributed by atoms with E-state index in [0.29, 0.717) is 25.3 Å². The van der Waals surface area contributed by atoms with E-state index >= 15 is 0 Å². The Morgan fingerprint density at radius 3 is 2.81 bits per heavy atom. The van der Waals surface area contributed by atoms with Gasteiger partial charge in [-0.15, -0.1) is 11.3 Å². The number of aromatic nitrogens is 1. The van der Waals surface area contributed by atoms with Crippen molar-refractivity contribution in [1.29, 1.82) is 0 Å². The summed E-state index contributed by atoms with van der Waals surface area (Å²) in [6.45, 7) is 4.40. The van der Waals surface area contributed by atoms with Crippen LogP contribution in [-0.4, -0.2) is 39.8 Å². The third-order valence-electron chi connectivity index (χ3n) is 4.64. The van der Waals surface area contributed by atoms with Gasteiger partial charge in [0, 0.05) is 18.3 Å². The number of nitrogens with zero attached hydrogens (tertiary/aromatic N) is 2. The molecule has 0 bridgehead atoms. The summed E-state index contributed by atoms with van der Waals surface area (Å²) in [6.07, 6.45) is 3.41. The van der Waals surface area contributed by atoms with Crippen LogP contribution in [0.3, 0.4) is 0 Å². The topological polar surface area (TPSA) is 62.3 Å². The molecule has 1 aliphatic carbocycles. The van der Waals surface area contributed by atoms with E-state index in [-0.39, 0.29) is 17.9 Å². The van der Waals surface area contributed by atoms with Crippen molar-refractivity contribution in [3.63, 3.8) is 0 Å². The van der Waals surface area contributed by atoms with Gasteiger partial charge in [0.1, 0.15) is 11.6 Å². The standard InChI is InChI=1S/C15H21N3O2S/c1-3-12-13(19)17-15(2,10-4-5-10)14(20)18(12)7-6-11-8-21-9-16-11/h8-10,12H,3-7H2,1-2H3,(H,17,19). The van der Waals surface area contributed by atoms with Crippen molar-refractivity contribution < 1.29 is 9.59 Å². The lowest BCUT2D eigenvalue weighted by molar-refractivity contribution is -0.155. The van der Waals surface area contributed by atoms with Crippen LogP contribution in [0, 0.1) is 5.92 Å². The summed E-state index contributed by atoms with van der Waals surface area (Å²) in [7, 11) is 0. The van der Waals surface area contributed by atoms with Crippen molar-refractivity contribution in [2.75, 3.05) is 6.54 Å². The van der Waals surface area contributed by atoms with Crippen LogP contribution < -0.4 is 5.32 Å². The molecular weight excluding hydrogens is 286 g/mol. The lowest BCUT2D eigenvalue weighted by atomic mass is 9.88. The van der Waals surface area contributed by atoms with E-state index in [4.69, 9.17) is 0 Å². The number of carbonyl (C=O) groups excluding carboxylic acids is 2. The zero-order chi connectivity index (χ0) is 15.0. The quantitative estimate of drug-likeness (QED) is 0.898. The maximum absolute atomic E-state index is 12.9. The fourth-order valence-electron chi connectivity index (χ4n) is 3.17. The fourth-order valence-corrected chi connectivity index (χ4v) is 3.76. The van der Waals surface area contributed by atoms with Gasteiger partial charge in [0.25, 0.3) is 0 Å². The first-order valence-corrected chi connectivity index (χ1v) is 8.50. The first-order valence-electron chi connectivity index (χ1n) is 7.56. The minimum Gasteiger partial charge on any atom is -0.340 e. The second kappa shape index (κ2) is 5.40. The predicted molar refractivity (Wildman–Crippen MR) is 80.9 cm³/mol. The van der Waals surface area contributed by atoms with Gasteiger partial charge >= 0.3 is 0 Å². The summed E-state index contributed by atoms with van der Waals surface area (Å²) in [4.78, 5) is 31.3. The second-order valence-corrected chi connectivity index (χ2v) is 6.84. The van der Waals surface area contributed by atoms with Gasteiger partial charge in [0.05, 0.1) is 11.2 Å². The van der Waals surface area contributed by atoms with Crippen LogP contribution in [-0.2, 0) is 16.0 Å². The number of hydrogen-bond donors (Lipinski definition) is 1. The van der Waals surface area contributed by atoms with Gasteiger partial charge in [-0.1, -0.05) is 6.92 Å². The van der Waals surface area contributed by atoms with E-state index in [1.54, 1.807) is 21.7 Å². The highest BCUT2D eigenvalue weighted by Gasteiger charge is 2.54. The molecule has 114 valence electrons. The fraction of sp³-hybridized carbons (Fsp3) is 0.667. The molecule has 1 aromatic rings. The second-order valence-electron chi connectivity index (χ2n) is 6.12. The third kappa shape index (κ3) is 2.57. The minimum absolute atomic E-state index is 0.00946. The molecule has 2 aliphatic rings. The van der Waals surface area contributed by atoms with Crippen LogP contribution >= 0.6 is 11.3 Å². The van der Waals surface area contributed by atoms with Gasteiger partial charge in [0.2, 0.25) is 11.8 Å². The number of rotatable bonds is 5. The molecule has 1 aliphatic heterocycles. The van der Waals surface area contributed by atoms with Crippen LogP contribution in [0.2, 0.25) is 0 Å². The largest absolute Gasteiger partial charge is 0.340 e. The molecule has 21 heavy (non-hydrogen) atoms. The van der Waals surface area contributed by atoms with Gasteiger partial charge in [0.15, 0.2) is 0 Å². The molecule has 2 fully saturated rings. The lowest BCUT2D eigenvalue weighted by Crippen LogP contribution is -2.70. The van der Waals surface area contributed by atoms with Gasteiger partial charge in [-0.3, -0.25) is 9.59 Å². The molecule has 1 N–H and O–H groups in total. The molecular formula is C15H21N3O2S. The molecule has 1 aromatic heterocycles. The Bertz CT molecular complexity index is 541. The molecule has 1 saturated heterocycles. The molecule has 5 nitrogen and oxygen atoms in total. The van der Waals surface area contributed by atoms with Crippen molar-refractivity contribution in [3.05, 3.63) is 16.6 Å². The van der Waals surface area contributed by atoms with Gasteiger partial charge < -0.3 is 10.2 Å². The molecule has 2 unspecified atom stereocenters. The van der Waals surface area contributed by atoms with Crippen LogP contribution in [0.5, 0.6) is 0 Å². The number of piperazine rings is 1. The highest BCUT2D eigenvalue weighted by atomic mass is 32.1. The third-order valence-corrected chi connectivity index (χ3v) is 5.28. The number of amides is 2. The maximum Gasteiger partial charge on any atom is 0.249 e. The highest BCUT2D eigenvalue weighted by molar-refractivity contribution is 7.07. The van der Waals surface area contributed by atoms with Gasteiger partial charge in [-0.2, -0.15) is 0 Å². The van der Waals surface area contributed by atoms with E-state index in [2.05, 4.69) is 10.3 Å². The number of carbonyl (C=O) groups is 2. The Balaban J connectivity index is 1.79. The molecule has 2 heterocycles. The van der Waals surface area contributed by atoms with Crippen molar-refractivity contribution in [2.24, 2.45) is 5.92 Å². The van der Waals surface area contributed by atoms with E-state index in [1.807, 2.05) is 19.2 Å². The van der Waals surface area contributed by atoms with Crippen molar-refractivity contribution in [1.82, 2.24) is 15.2 Å². The van der Waals surface area contributed by atoms with E-state index in [1.165, 1.54) is 0 Å². The molecule has 2 amide bonds. The molecule has 0 spiro atoms. The average Bonchev–Trinajstić information content (AvgIpc) is 3.20. The number of hydrogen-bond acceptors (Lipinski definition) is 4. The Morgan fingerprint density at radius 2 is 2.24 bits per heavy atom. The van der Waals surface area contributed by atoms with Crippen LogP contribution in [0.25, 0.3) is 0 Å². The minimum atomic E-state index is -0.704. The van der Waals surface area contributed by atoms with Crippen LogP contribution in [0.4, 0.5) is 0 Å². The Labute approximate surface area is 128 Å². The van der Waals surface area contributed by atoms with Gasteiger partial charge in [-0.05, 0) is 32.1 Å². The maximum atomic E-state index is 12.9. The smallest absolute Gasteiger partial charge is 0.249 e. The lowest BCUT2D eigenvalue weighted by Gasteiger charge is -2.44. The Morgan fingerprint density at radius 1 is 1.48 bits per heavy atom. The number of thiazole rings is 1. The molecule has 0 aromatic carbocycles. The summed E-state index contributed by atoms with van der Waals surface area (Å²) in [5.41, 5.74) is 2.08. The Kier molecular flexibility index (Phi) is 3.73. The first-order chi connectivity index (χ1) is 10.1. The molecule has 1 saturated carbocycles. The summed E-state index contributed by atoms with van der Waals surface area (Å²) in [6, 6.07) is -0.344. The van der Waals surface area contributed by atoms with E-state index in [9.17, 15) is 9.59 Å². The molecule has 6 heteroatoms. The van der Waals surface area contributed by atoms with Crippen LogP contribution in [0.15, 0.2) is 10.9 Å². The zero-order valence-corrected chi connectivity index (χ0v) is 13.3. The summed E-state index contributed by atoms with van der Waals surface area (Å²) >= 11 is 1.55. The zero-order valence-electron chi connectivity index (χ0n) is 12.5. The summed E-state index contributed by atoms with van der Waals surface area (Å²) in [5, 5.41) is 4.98. The first kappa shape index (κ1) is 14.5. The molecule has 0 radical (unpaired) electrons. The average molecular weight is 307 g/mol. The predicted octanol–water partition coefficient (Wildman–Crippen LogP) is 1.59. The summed E-state index contributed by atoms with van der Waals surface area (Å²) < 4.78 is 0. The van der Waals surface area contributed by atoms with E-state index < -0.39 is 5.54 Å². The Hall–Kier alpha value is -1.43. The molecule has 3 rings (SSSR count). The summed E-state index contributed by atoms with van der Waals surface area (Å²) in [5.74, 6) is 0.366. The number of nitrogens with one attached hydrogen (secondary N) is 1. The SMILES string of the molecule is CCC1C(=O)NC(C)(C2CC2)C(=O)N1CCc1cscn1. The van der Waals surface area contributed by atoms with Crippen molar-refractivity contribution >= 4 is 23.2 Å². The van der Waals surface area contributed by atoms with Gasteiger partial charge in [-0.25, -0.2) is 4.98 Å². The normalized spacial score (nSPS) is 29.6. The van der Waals surface area contributed by atoms with Crippen molar-refractivity contribution in [2.45, 2.75) is 51.1 Å². The monoisotopic (exact) mass is 307 g/mol. The van der Waals surface area contributed by atoms with E-state index in [0.717, 1.165) is 18.5 Å². The molecule has 2 atom stereocenters.